The SMILES string of the molecule is [N-]=[N+]=Nc1ccc(CNC(=O)O)cc1. The lowest BCUT2D eigenvalue weighted by atomic mass is 10.2. The number of nitrogens with one attached hydrogen (secondary N) is 1. The third-order valence-corrected chi connectivity index (χ3v) is 1.54. The smallest absolute Gasteiger partial charge is 0.404 e. The van der Waals surface area contributed by atoms with Crippen molar-refractivity contribution in [1.29, 1.82) is 0 Å². The van der Waals surface area contributed by atoms with E-state index in [1.165, 1.54) is 0 Å². The summed E-state index contributed by atoms with van der Waals surface area (Å²) in [4.78, 5) is 12.8. The predicted molar refractivity (Wildman–Crippen MR) is 50.1 cm³/mol. The van der Waals surface area contributed by atoms with Crippen molar-refractivity contribution in [1.82, 2.24) is 5.32 Å². The van der Waals surface area contributed by atoms with E-state index in [0.29, 0.717) is 5.69 Å². The molecule has 0 unspecified atom stereocenters. The molecule has 1 aromatic rings. The zero-order chi connectivity index (χ0) is 10.4. The van der Waals surface area contributed by atoms with E-state index in [2.05, 4.69) is 15.3 Å². The lowest BCUT2D eigenvalue weighted by Crippen LogP contribution is -2.19. The van der Waals surface area contributed by atoms with Crippen molar-refractivity contribution < 1.29 is 9.90 Å². The van der Waals surface area contributed by atoms with E-state index < -0.39 is 6.09 Å². The van der Waals surface area contributed by atoms with Crippen LogP contribution in [0.25, 0.3) is 10.4 Å². The number of benzene rings is 1. The van der Waals surface area contributed by atoms with Crippen LogP contribution in [0.15, 0.2) is 29.4 Å². The summed E-state index contributed by atoms with van der Waals surface area (Å²) in [5, 5.41) is 13.9. The van der Waals surface area contributed by atoms with Gasteiger partial charge in [-0.25, -0.2) is 4.79 Å². The molecule has 1 aromatic carbocycles. The molecule has 0 aliphatic carbocycles. The van der Waals surface area contributed by atoms with Crippen LogP contribution in [0.2, 0.25) is 0 Å². The molecule has 72 valence electrons. The first kappa shape index (κ1) is 9.88. The quantitative estimate of drug-likeness (QED) is 0.436. The van der Waals surface area contributed by atoms with E-state index in [0.717, 1.165) is 5.56 Å². The predicted octanol–water partition coefficient (Wildman–Crippen LogP) is 2.40. The number of nitrogens with zero attached hydrogens (tertiary/aromatic N) is 3. The van der Waals surface area contributed by atoms with E-state index in [-0.39, 0.29) is 6.54 Å². The van der Waals surface area contributed by atoms with Crippen LogP contribution in [0.3, 0.4) is 0 Å². The molecule has 14 heavy (non-hydrogen) atoms. The van der Waals surface area contributed by atoms with E-state index in [4.69, 9.17) is 10.6 Å². The largest absolute Gasteiger partial charge is 0.465 e. The standard InChI is InChI=1S/C8H8N4O2/c9-12-11-7-3-1-6(2-4-7)5-10-8(13)14/h1-4,10H,5H2,(H,13,14). The number of amides is 1. The first-order chi connectivity index (χ1) is 6.72. The van der Waals surface area contributed by atoms with Crippen LogP contribution in [0.5, 0.6) is 0 Å². The van der Waals surface area contributed by atoms with Crippen LogP contribution in [-0.2, 0) is 6.54 Å². The zero-order valence-corrected chi connectivity index (χ0v) is 7.21. The number of azide groups is 1. The molecule has 6 heteroatoms. The van der Waals surface area contributed by atoms with Crippen molar-refractivity contribution in [3.63, 3.8) is 0 Å². The first-order valence-corrected chi connectivity index (χ1v) is 3.83. The van der Waals surface area contributed by atoms with E-state index in [1.807, 2.05) is 0 Å². The second kappa shape index (κ2) is 4.74. The van der Waals surface area contributed by atoms with Crippen LogP contribution < -0.4 is 5.32 Å². The van der Waals surface area contributed by atoms with Crippen molar-refractivity contribution in [3.8, 4) is 0 Å². The van der Waals surface area contributed by atoms with Crippen molar-refractivity contribution >= 4 is 11.8 Å². The summed E-state index contributed by atoms with van der Waals surface area (Å²) >= 11 is 0. The molecule has 0 aromatic heterocycles. The minimum absolute atomic E-state index is 0.242. The molecule has 1 amide bonds. The highest BCUT2D eigenvalue weighted by atomic mass is 16.4. The van der Waals surface area contributed by atoms with Crippen molar-refractivity contribution in [3.05, 3.63) is 40.3 Å². The van der Waals surface area contributed by atoms with Crippen LogP contribution in [0, 0.1) is 0 Å². The average Bonchev–Trinajstić information content (AvgIpc) is 2.17. The Morgan fingerprint density at radius 3 is 2.64 bits per heavy atom. The van der Waals surface area contributed by atoms with E-state index in [9.17, 15) is 4.79 Å². The van der Waals surface area contributed by atoms with Gasteiger partial charge in [-0.2, -0.15) is 0 Å². The molecular formula is C8H8N4O2. The summed E-state index contributed by atoms with van der Waals surface area (Å²) in [5.74, 6) is 0. The van der Waals surface area contributed by atoms with Crippen LogP contribution in [0.4, 0.5) is 10.5 Å². The fourth-order valence-corrected chi connectivity index (χ4v) is 0.910. The molecule has 6 nitrogen and oxygen atoms in total. The molecule has 0 aliphatic heterocycles. The summed E-state index contributed by atoms with van der Waals surface area (Å²) in [5.41, 5.74) is 9.45. The summed E-state index contributed by atoms with van der Waals surface area (Å²) in [6.07, 6.45) is -1.07. The molecule has 0 saturated carbocycles. The van der Waals surface area contributed by atoms with Gasteiger partial charge in [-0.15, -0.1) is 0 Å². The normalized spacial score (nSPS) is 8.86. The summed E-state index contributed by atoms with van der Waals surface area (Å²) in [6, 6.07) is 6.64. The second-order valence-corrected chi connectivity index (χ2v) is 2.51. The van der Waals surface area contributed by atoms with Gasteiger partial charge in [0.15, 0.2) is 0 Å². The molecule has 0 fully saturated rings. The molecule has 2 N–H and O–H groups in total. The third kappa shape index (κ3) is 3.04. The molecule has 0 aliphatic rings. The van der Waals surface area contributed by atoms with Crippen molar-refractivity contribution in [2.45, 2.75) is 6.54 Å². The number of hydrogen-bond donors (Lipinski definition) is 2. The number of carboxylic acid groups (broad SMARTS) is 1. The molecule has 0 atom stereocenters. The highest BCUT2D eigenvalue weighted by Gasteiger charge is 1.95. The molecule has 0 heterocycles. The third-order valence-electron chi connectivity index (χ3n) is 1.54. The van der Waals surface area contributed by atoms with Gasteiger partial charge >= 0.3 is 6.09 Å². The Kier molecular flexibility index (Phi) is 3.34. The van der Waals surface area contributed by atoms with Gasteiger partial charge in [0.25, 0.3) is 0 Å². The van der Waals surface area contributed by atoms with E-state index in [1.54, 1.807) is 24.3 Å². The summed E-state index contributed by atoms with van der Waals surface area (Å²) in [6.45, 7) is 0.242. The Bertz CT molecular complexity index is 367. The van der Waals surface area contributed by atoms with Gasteiger partial charge in [0.2, 0.25) is 0 Å². The van der Waals surface area contributed by atoms with Crippen LogP contribution in [0.1, 0.15) is 5.56 Å². The maximum absolute atomic E-state index is 10.2. The Morgan fingerprint density at radius 1 is 1.50 bits per heavy atom. The average molecular weight is 192 g/mol. The lowest BCUT2D eigenvalue weighted by molar-refractivity contribution is 0.194. The van der Waals surface area contributed by atoms with Gasteiger partial charge in [-0.1, -0.05) is 29.4 Å². The zero-order valence-electron chi connectivity index (χ0n) is 7.21. The van der Waals surface area contributed by atoms with Gasteiger partial charge in [0, 0.05) is 17.1 Å². The number of hydrogen-bond acceptors (Lipinski definition) is 2. The minimum atomic E-state index is -1.07. The maximum Gasteiger partial charge on any atom is 0.404 e. The topological polar surface area (TPSA) is 98.1 Å². The number of rotatable bonds is 3. The van der Waals surface area contributed by atoms with Crippen molar-refractivity contribution in [2.75, 3.05) is 0 Å². The fraction of sp³-hybridized carbons (Fsp3) is 0.125. The van der Waals surface area contributed by atoms with Gasteiger partial charge in [-0.3, -0.25) is 0 Å². The Hall–Kier alpha value is -2.20. The fourth-order valence-electron chi connectivity index (χ4n) is 0.910. The first-order valence-electron chi connectivity index (χ1n) is 3.83. The highest BCUT2D eigenvalue weighted by Crippen LogP contribution is 2.12. The molecule has 1 rings (SSSR count). The van der Waals surface area contributed by atoms with Gasteiger partial charge in [0.05, 0.1) is 0 Å². The van der Waals surface area contributed by atoms with E-state index >= 15 is 0 Å². The monoisotopic (exact) mass is 192 g/mol. The van der Waals surface area contributed by atoms with Gasteiger partial charge < -0.3 is 10.4 Å². The Morgan fingerprint density at radius 2 is 2.14 bits per heavy atom. The molecule has 0 bridgehead atoms. The summed E-state index contributed by atoms with van der Waals surface area (Å²) in [7, 11) is 0. The van der Waals surface area contributed by atoms with Crippen molar-refractivity contribution in [2.24, 2.45) is 5.11 Å². The maximum atomic E-state index is 10.2. The minimum Gasteiger partial charge on any atom is -0.465 e. The molecular weight excluding hydrogens is 184 g/mol. The molecule has 0 saturated heterocycles. The molecule has 0 spiro atoms. The Balaban J connectivity index is 2.63. The van der Waals surface area contributed by atoms with Gasteiger partial charge in [0.1, 0.15) is 0 Å². The number of carbonyl (C=O) groups is 1. The second-order valence-electron chi connectivity index (χ2n) is 2.51. The molecule has 0 radical (unpaired) electrons. The Labute approximate surface area is 79.8 Å². The summed E-state index contributed by atoms with van der Waals surface area (Å²) < 4.78 is 0. The van der Waals surface area contributed by atoms with Gasteiger partial charge in [-0.05, 0) is 11.1 Å². The highest BCUT2D eigenvalue weighted by molar-refractivity contribution is 5.64. The lowest BCUT2D eigenvalue weighted by Gasteiger charge is -2.00. The van der Waals surface area contributed by atoms with Crippen LogP contribution in [-0.4, -0.2) is 11.2 Å². The van der Waals surface area contributed by atoms with Crippen LogP contribution >= 0.6 is 0 Å².